The maximum atomic E-state index is 12.3. The van der Waals surface area contributed by atoms with Gasteiger partial charge in [0.2, 0.25) is 0 Å². The summed E-state index contributed by atoms with van der Waals surface area (Å²) in [5, 5.41) is 3.99. The Bertz CT molecular complexity index is 637. The van der Waals surface area contributed by atoms with Crippen molar-refractivity contribution < 1.29 is 8.42 Å². The molecular weight excluding hydrogens is 238 g/mol. The Morgan fingerprint density at radius 3 is 2.47 bits per heavy atom. The third kappa shape index (κ3) is 2.00. The maximum Gasteiger partial charge on any atom is 0.270 e. The molecule has 2 aromatic heterocycles. The lowest BCUT2D eigenvalue weighted by molar-refractivity contribution is 0.585. The molecule has 2 rings (SSSR count). The molecule has 0 unspecified atom stereocenters. The molecule has 0 aromatic carbocycles. The van der Waals surface area contributed by atoms with Crippen molar-refractivity contribution >= 4 is 10.0 Å². The van der Waals surface area contributed by atoms with Gasteiger partial charge in [0.1, 0.15) is 4.90 Å². The average molecular weight is 253 g/mol. The van der Waals surface area contributed by atoms with E-state index in [1.807, 2.05) is 19.9 Å². The third-order valence-electron chi connectivity index (χ3n) is 2.60. The second-order valence-electron chi connectivity index (χ2n) is 3.99. The summed E-state index contributed by atoms with van der Waals surface area (Å²) in [6.45, 7) is 6.21. The predicted molar refractivity (Wildman–Crippen MR) is 64.4 cm³/mol. The molecule has 0 atom stereocenters. The minimum Gasteiger partial charge on any atom is -0.272 e. The number of hydrogen-bond donors (Lipinski definition) is 0. The Morgan fingerprint density at radius 2 is 2.00 bits per heavy atom. The highest BCUT2D eigenvalue weighted by Crippen LogP contribution is 2.17. The molecule has 0 bridgehead atoms. The van der Waals surface area contributed by atoms with Crippen molar-refractivity contribution in [3.05, 3.63) is 35.9 Å². The molecule has 0 saturated carbocycles. The topological polar surface area (TPSA) is 56.9 Å². The zero-order valence-electron chi connectivity index (χ0n) is 10.1. The van der Waals surface area contributed by atoms with E-state index < -0.39 is 10.0 Å². The number of rotatable bonds is 3. The van der Waals surface area contributed by atoms with E-state index in [-0.39, 0.29) is 4.90 Å². The second kappa shape index (κ2) is 4.03. The first-order valence-electron chi connectivity index (χ1n) is 5.38. The van der Waals surface area contributed by atoms with Gasteiger partial charge in [0.25, 0.3) is 10.0 Å². The van der Waals surface area contributed by atoms with E-state index in [0.29, 0.717) is 12.2 Å². The van der Waals surface area contributed by atoms with Gasteiger partial charge in [-0.1, -0.05) is 0 Å². The summed E-state index contributed by atoms with van der Waals surface area (Å²) >= 11 is 0. The van der Waals surface area contributed by atoms with E-state index in [4.69, 9.17) is 0 Å². The fraction of sp³-hybridized carbons (Fsp3) is 0.364. The molecule has 0 aliphatic rings. The Balaban J connectivity index is 2.53. The molecule has 0 spiro atoms. The van der Waals surface area contributed by atoms with Crippen LogP contribution in [0.15, 0.2) is 29.6 Å². The van der Waals surface area contributed by atoms with Gasteiger partial charge in [-0.2, -0.15) is 5.10 Å². The van der Waals surface area contributed by atoms with Crippen LogP contribution >= 0.6 is 0 Å². The minimum absolute atomic E-state index is 0.220. The van der Waals surface area contributed by atoms with Crippen LogP contribution < -0.4 is 0 Å². The quantitative estimate of drug-likeness (QED) is 0.834. The van der Waals surface area contributed by atoms with Gasteiger partial charge in [0.15, 0.2) is 0 Å². The molecule has 2 heterocycles. The lowest BCUT2D eigenvalue weighted by Gasteiger charge is -2.05. The van der Waals surface area contributed by atoms with Gasteiger partial charge < -0.3 is 0 Å². The fourth-order valence-corrected chi connectivity index (χ4v) is 3.14. The summed E-state index contributed by atoms with van der Waals surface area (Å²) < 4.78 is 27.5. The first kappa shape index (κ1) is 11.9. The molecular formula is C11H15N3O2S. The Labute approximate surface area is 101 Å². The van der Waals surface area contributed by atoms with Crippen LogP contribution in [-0.2, 0) is 16.6 Å². The van der Waals surface area contributed by atoms with Gasteiger partial charge in [-0.25, -0.2) is 12.4 Å². The van der Waals surface area contributed by atoms with Crippen molar-refractivity contribution in [2.45, 2.75) is 32.2 Å². The molecule has 0 aliphatic heterocycles. The van der Waals surface area contributed by atoms with Gasteiger partial charge in [0, 0.05) is 24.6 Å². The van der Waals surface area contributed by atoms with E-state index in [2.05, 4.69) is 5.10 Å². The van der Waals surface area contributed by atoms with Gasteiger partial charge >= 0.3 is 0 Å². The molecule has 2 aromatic rings. The summed E-state index contributed by atoms with van der Waals surface area (Å²) in [6.07, 6.45) is 4.55. The Morgan fingerprint density at radius 1 is 1.29 bits per heavy atom. The minimum atomic E-state index is -3.50. The van der Waals surface area contributed by atoms with E-state index in [0.717, 1.165) is 5.56 Å². The lowest BCUT2D eigenvalue weighted by atomic mass is 10.4. The van der Waals surface area contributed by atoms with Crippen molar-refractivity contribution in [1.82, 2.24) is 13.8 Å². The first-order chi connectivity index (χ1) is 7.95. The summed E-state index contributed by atoms with van der Waals surface area (Å²) in [5.41, 5.74) is 1.63. The number of hydrogen-bond acceptors (Lipinski definition) is 3. The molecule has 0 fully saturated rings. The summed E-state index contributed by atoms with van der Waals surface area (Å²) in [7, 11) is -3.50. The highest BCUT2D eigenvalue weighted by Gasteiger charge is 2.20. The van der Waals surface area contributed by atoms with Crippen LogP contribution in [0.25, 0.3) is 0 Å². The van der Waals surface area contributed by atoms with Gasteiger partial charge in [-0.3, -0.25) is 4.68 Å². The zero-order chi connectivity index (χ0) is 12.6. The van der Waals surface area contributed by atoms with Crippen molar-refractivity contribution in [2.24, 2.45) is 0 Å². The Hall–Kier alpha value is -1.56. The largest absolute Gasteiger partial charge is 0.272 e. The number of nitrogens with zero attached hydrogens (tertiary/aromatic N) is 3. The smallest absolute Gasteiger partial charge is 0.270 e. The third-order valence-corrected chi connectivity index (χ3v) is 4.31. The van der Waals surface area contributed by atoms with Crippen LogP contribution in [0.3, 0.4) is 0 Å². The van der Waals surface area contributed by atoms with E-state index >= 15 is 0 Å². The molecule has 0 amide bonds. The molecule has 5 nitrogen and oxygen atoms in total. The second-order valence-corrected chi connectivity index (χ2v) is 5.81. The van der Waals surface area contributed by atoms with Crippen molar-refractivity contribution in [3.63, 3.8) is 0 Å². The van der Waals surface area contributed by atoms with Crippen molar-refractivity contribution in [2.75, 3.05) is 0 Å². The van der Waals surface area contributed by atoms with Crippen LogP contribution in [0, 0.1) is 13.8 Å². The van der Waals surface area contributed by atoms with Crippen molar-refractivity contribution in [1.29, 1.82) is 0 Å². The molecule has 0 aliphatic carbocycles. The maximum absolute atomic E-state index is 12.3. The first-order valence-corrected chi connectivity index (χ1v) is 6.83. The summed E-state index contributed by atoms with van der Waals surface area (Å²) in [4.78, 5) is 0.220. The van der Waals surface area contributed by atoms with Gasteiger partial charge in [-0.15, -0.1) is 0 Å². The van der Waals surface area contributed by atoms with Gasteiger partial charge in [-0.05, 0) is 32.4 Å². The van der Waals surface area contributed by atoms with E-state index in [1.165, 1.54) is 10.2 Å². The van der Waals surface area contributed by atoms with Crippen LogP contribution in [0.4, 0.5) is 0 Å². The monoisotopic (exact) mass is 253 g/mol. The molecule has 17 heavy (non-hydrogen) atoms. The average Bonchev–Trinajstić information content (AvgIpc) is 2.85. The van der Waals surface area contributed by atoms with Gasteiger partial charge in [0.05, 0.1) is 6.20 Å². The molecule has 6 heteroatoms. The number of aryl methyl sites for hydroxylation is 3. The van der Waals surface area contributed by atoms with Crippen LogP contribution in [0.1, 0.15) is 18.2 Å². The normalized spacial score (nSPS) is 11.9. The SMILES string of the molecule is CCn1cc(S(=O)(=O)n2cc(C)cc2C)cn1. The van der Waals surface area contributed by atoms with Crippen LogP contribution in [0.5, 0.6) is 0 Å². The molecule has 0 saturated heterocycles. The molecule has 92 valence electrons. The molecule has 0 N–H and O–H groups in total. The number of aromatic nitrogens is 3. The van der Waals surface area contributed by atoms with Crippen LogP contribution in [0.2, 0.25) is 0 Å². The molecule has 0 radical (unpaired) electrons. The summed E-state index contributed by atoms with van der Waals surface area (Å²) in [5.74, 6) is 0. The fourth-order valence-electron chi connectivity index (χ4n) is 1.74. The summed E-state index contributed by atoms with van der Waals surface area (Å²) in [6, 6.07) is 1.84. The van der Waals surface area contributed by atoms with E-state index in [1.54, 1.807) is 24.0 Å². The predicted octanol–water partition coefficient (Wildman–Crippen LogP) is 1.56. The van der Waals surface area contributed by atoms with Crippen molar-refractivity contribution in [3.8, 4) is 0 Å². The zero-order valence-corrected chi connectivity index (χ0v) is 10.9. The highest BCUT2D eigenvalue weighted by atomic mass is 32.2. The van der Waals surface area contributed by atoms with E-state index in [9.17, 15) is 8.42 Å². The Kier molecular flexibility index (Phi) is 2.82. The van der Waals surface area contributed by atoms with Crippen LogP contribution in [-0.4, -0.2) is 22.2 Å². The lowest BCUT2D eigenvalue weighted by Crippen LogP contribution is -2.12. The highest BCUT2D eigenvalue weighted by molar-refractivity contribution is 7.90. The standard InChI is InChI=1S/C11H15N3O2S/c1-4-13-8-11(6-12-13)17(15,16)14-7-9(2)5-10(14)3/h5-8H,4H2,1-3H3.